The third-order valence-electron chi connectivity index (χ3n) is 5.32. The highest BCUT2D eigenvalue weighted by molar-refractivity contribution is 5.75. The number of carbonyl (C=O) groups is 1. The van der Waals surface area contributed by atoms with E-state index in [0.717, 1.165) is 32.4 Å². The van der Waals surface area contributed by atoms with Crippen molar-refractivity contribution in [2.45, 2.75) is 84.7 Å². The minimum atomic E-state index is 0.218. The van der Waals surface area contributed by atoms with Crippen LogP contribution in [-0.4, -0.2) is 47.4 Å². The van der Waals surface area contributed by atoms with Crippen molar-refractivity contribution in [1.29, 1.82) is 0 Å². The van der Waals surface area contributed by atoms with Crippen molar-refractivity contribution < 1.29 is 4.79 Å². The van der Waals surface area contributed by atoms with Gasteiger partial charge in [0.25, 0.3) is 0 Å². The minimum Gasteiger partial charge on any atom is -0.343 e. The van der Waals surface area contributed by atoms with Gasteiger partial charge in [0.1, 0.15) is 0 Å². The molecule has 0 bridgehead atoms. The molecule has 3 nitrogen and oxygen atoms in total. The Kier molecular flexibility index (Phi) is 8.75. The highest BCUT2D eigenvalue weighted by Crippen LogP contribution is 2.30. The average Bonchev–Trinajstić information content (AvgIpc) is 2.62. The predicted octanol–water partition coefficient (Wildman–Crippen LogP) is 4.79. The van der Waals surface area contributed by atoms with Crippen molar-refractivity contribution in [3.63, 3.8) is 0 Å². The van der Waals surface area contributed by atoms with Gasteiger partial charge in [-0.3, -0.25) is 9.69 Å². The first-order valence-corrected chi connectivity index (χ1v) is 9.79. The highest BCUT2D eigenvalue weighted by Gasteiger charge is 2.33. The first kappa shape index (κ1) is 21.0. The Hall–Kier alpha value is -1.09. The van der Waals surface area contributed by atoms with Crippen LogP contribution in [-0.2, 0) is 4.79 Å². The van der Waals surface area contributed by atoms with Gasteiger partial charge in [0.2, 0.25) is 5.91 Å². The zero-order valence-electron chi connectivity index (χ0n) is 16.8. The van der Waals surface area contributed by atoms with E-state index in [4.69, 9.17) is 0 Å². The van der Waals surface area contributed by atoms with Crippen LogP contribution >= 0.6 is 0 Å². The summed E-state index contributed by atoms with van der Waals surface area (Å²) in [5, 5.41) is 0. The maximum Gasteiger partial charge on any atom is 0.222 e. The largest absolute Gasteiger partial charge is 0.343 e. The number of allylic oxidation sites excluding steroid dienone is 3. The second-order valence-electron chi connectivity index (χ2n) is 7.36. The molecular formula is C21H38N2O. The number of amides is 1. The second kappa shape index (κ2) is 10.0. The van der Waals surface area contributed by atoms with Crippen LogP contribution in [0.5, 0.6) is 0 Å². The first-order chi connectivity index (χ1) is 11.4. The molecule has 1 aliphatic heterocycles. The molecule has 3 heteroatoms. The molecule has 0 saturated carbocycles. The lowest BCUT2D eigenvalue weighted by Crippen LogP contribution is -2.52. The number of hydrogen-bond acceptors (Lipinski definition) is 2. The predicted molar refractivity (Wildman–Crippen MR) is 104 cm³/mol. The number of rotatable bonds is 5. The van der Waals surface area contributed by atoms with Crippen molar-refractivity contribution >= 4 is 5.91 Å². The van der Waals surface area contributed by atoms with Crippen LogP contribution in [0.15, 0.2) is 23.8 Å². The van der Waals surface area contributed by atoms with E-state index < -0.39 is 0 Å². The molecule has 0 aromatic carbocycles. The maximum atomic E-state index is 11.9. The summed E-state index contributed by atoms with van der Waals surface area (Å²) >= 11 is 0. The summed E-state index contributed by atoms with van der Waals surface area (Å²) in [6.45, 7) is 12.9. The van der Waals surface area contributed by atoms with Crippen LogP contribution in [0.1, 0.15) is 73.1 Å². The van der Waals surface area contributed by atoms with E-state index in [1.807, 2.05) is 32.7 Å². The molecule has 1 heterocycles. The van der Waals surface area contributed by atoms with Crippen LogP contribution in [0.3, 0.4) is 0 Å². The Morgan fingerprint density at radius 3 is 2.42 bits per heavy atom. The van der Waals surface area contributed by atoms with Gasteiger partial charge in [-0.1, -0.05) is 44.6 Å². The summed E-state index contributed by atoms with van der Waals surface area (Å²) < 4.78 is 0. The van der Waals surface area contributed by atoms with Crippen LogP contribution in [0, 0.1) is 0 Å². The molecule has 2 rings (SSSR count). The van der Waals surface area contributed by atoms with Crippen molar-refractivity contribution in [2.24, 2.45) is 0 Å². The van der Waals surface area contributed by atoms with Gasteiger partial charge in [-0.05, 0) is 46.0 Å². The van der Waals surface area contributed by atoms with Crippen molar-refractivity contribution in [3.8, 4) is 0 Å². The molecule has 24 heavy (non-hydrogen) atoms. The van der Waals surface area contributed by atoms with Gasteiger partial charge >= 0.3 is 0 Å². The van der Waals surface area contributed by atoms with E-state index in [-0.39, 0.29) is 11.4 Å². The smallest absolute Gasteiger partial charge is 0.222 e. The van der Waals surface area contributed by atoms with E-state index in [1.165, 1.54) is 12.8 Å². The molecule has 1 saturated heterocycles. The number of piperidine rings is 1. The number of likely N-dealkylation sites (tertiary alicyclic amines) is 1. The Morgan fingerprint density at radius 2 is 1.92 bits per heavy atom. The lowest BCUT2D eigenvalue weighted by Gasteiger charge is -2.45. The van der Waals surface area contributed by atoms with Gasteiger partial charge in [-0.2, -0.15) is 0 Å². The van der Waals surface area contributed by atoms with Gasteiger partial charge in [-0.25, -0.2) is 0 Å². The molecule has 0 atom stereocenters. The number of carbonyl (C=O) groups excluding carboxylic acids is 1. The molecule has 0 radical (unpaired) electrons. The normalized spacial score (nSPS) is 19.3. The summed E-state index contributed by atoms with van der Waals surface area (Å²) in [6, 6.07) is 0.427. The topological polar surface area (TPSA) is 23.6 Å². The molecular weight excluding hydrogens is 296 g/mol. The molecule has 138 valence electrons. The number of hydrogen-bond donors (Lipinski definition) is 0. The first-order valence-electron chi connectivity index (χ1n) is 9.79. The van der Waals surface area contributed by atoms with E-state index in [0.29, 0.717) is 12.5 Å². The standard InChI is InChI=1S/C19H32N2O.C2H6/c1-5-18(22)20(4)17-11-13-21(14-12-17)19(2,3)15-16-9-7-6-8-10-16;1-2/h6-7,9,17H,5,8,10-15H2,1-4H3;1-2H3. The Labute approximate surface area is 149 Å². The summed E-state index contributed by atoms with van der Waals surface area (Å²) in [6.07, 6.45) is 13.1. The van der Waals surface area contributed by atoms with Gasteiger partial charge in [0, 0.05) is 38.1 Å². The summed E-state index contributed by atoms with van der Waals surface area (Å²) in [5.41, 5.74) is 1.79. The van der Waals surface area contributed by atoms with Crippen LogP contribution in [0.4, 0.5) is 0 Å². The van der Waals surface area contributed by atoms with E-state index in [2.05, 4.69) is 37.0 Å². The maximum absolute atomic E-state index is 11.9. The van der Waals surface area contributed by atoms with Crippen molar-refractivity contribution in [2.75, 3.05) is 20.1 Å². The van der Waals surface area contributed by atoms with Crippen LogP contribution in [0.25, 0.3) is 0 Å². The minimum absolute atomic E-state index is 0.218. The fourth-order valence-electron chi connectivity index (χ4n) is 3.78. The molecule has 0 aromatic rings. The zero-order valence-corrected chi connectivity index (χ0v) is 16.8. The second-order valence-corrected chi connectivity index (χ2v) is 7.36. The number of nitrogens with zero attached hydrogens (tertiary/aromatic N) is 2. The monoisotopic (exact) mass is 334 g/mol. The Balaban J connectivity index is 0.00000139. The lowest BCUT2D eigenvalue weighted by atomic mass is 9.87. The molecule has 0 N–H and O–H groups in total. The molecule has 1 amide bonds. The quantitative estimate of drug-likeness (QED) is 0.721. The lowest BCUT2D eigenvalue weighted by molar-refractivity contribution is -0.132. The van der Waals surface area contributed by atoms with Crippen LogP contribution < -0.4 is 0 Å². The van der Waals surface area contributed by atoms with Crippen molar-refractivity contribution in [1.82, 2.24) is 9.80 Å². The molecule has 0 spiro atoms. The van der Waals surface area contributed by atoms with Crippen molar-refractivity contribution in [3.05, 3.63) is 23.8 Å². The summed E-state index contributed by atoms with van der Waals surface area (Å²) in [7, 11) is 1.97. The highest BCUT2D eigenvalue weighted by atomic mass is 16.2. The van der Waals surface area contributed by atoms with Gasteiger partial charge in [-0.15, -0.1) is 0 Å². The molecule has 2 aliphatic rings. The summed E-state index contributed by atoms with van der Waals surface area (Å²) in [5.74, 6) is 0.275. The summed E-state index contributed by atoms with van der Waals surface area (Å²) in [4.78, 5) is 16.4. The third-order valence-corrected chi connectivity index (χ3v) is 5.32. The SMILES string of the molecule is CC.CCC(=O)N(C)C1CCN(C(C)(C)CC2=CC=CCC2)CC1. The molecule has 1 fully saturated rings. The third kappa shape index (κ3) is 5.77. The fraction of sp³-hybridized carbons (Fsp3) is 0.762. The Bertz CT molecular complexity index is 443. The average molecular weight is 335 g/mol. The zero-order chi connectivity index (χ0) is 18.2. The molecule has 1 aliphatic carbocycles. The van der Waals surface area contributed by atoms with Gasteiger partial charge in [0.15, 0.2) is 0 Å². The van der Waals surface area contributed by atoms with E-state index in [1.54, 1.807) is 5.57 Å². The van der Waals surface area contributed by atoms with Gasteiger partial charge in [0.05, 0.1) is 0 Å². The van der Waals surface area contributed by atoms with E-state index in [9.17, 15) is 4.79 Å². The fourth-order valence-corrected chi connectivity index (χ4v) is 3.78. The Morgan fingerprint density at radius 1 is 1.29 bits per heavy atom. The van der Waals surface area contributed by atoms with Gasteiger partial charge < -0.3 is 4.90 Å². The molecule has 0 aromatic heterocycles. The molecule has 0 unspecified atom stereocenters. The van der Waals surface area contributed by atoms with Crippen LogP contribution in [0.2, 0.25) is 0 Å². The van der Waals surface area contributed by atoms with E-state index >= 15 is 0 Å².